The van der Waals surface area contributed by atoms with Gasteiger partial charge >= 0.3 is 0 Å². The van der Waals surface area contributed by atoms with Crippen molar-refractivity contribution in [2.75, 3.05) is 7.11 Å². The molecule has 2 aromatic carbocycles. The monoisotopic (exact) mass is 322 g/mol. The third-order valence-electron chi connectivity index (χ3n) is 5.57. The Balaban J connectivity index is 2.13. The zero-order chi connectivity index (χ0) is 17.1. The lowest BCUT2D eigenvalue weighted by Crippen LogP contribution is -1.98. The topological polar surface area (TPSA) is 9.23 Å². The average Bonchev–Trinajstić information content (AvgIpc) is 2.59. The molecule has 0 N–H and O–H groups in total. The van der Waals surface area contributed by atoms with E-state index in [2.05, 4.69) is 51.1 Å². The highest BCUT2D eigenvalue weighted by atomic mass is 16.5. The summed E-state index contributed by atoms with van der Waals surface area (Å²) in [5.74, 6) is 1.84. The van der Waals surface area contributed by atoms with Crippen LogP contribution >= 0.6 is 0 Å². The van der Waals surface area contributed by atoms with Crippen molar-refractivity contribution in [1.29, 1.82) is 0 Å². The Bertz CT molecular complexity index is 714. The summed E-state index contributed by atoms with van der Waals surface area (Å²) in [6.07, 6.45) is 7.56. The first-order chi connectivity index (χ1) is 11.6. The highest BCUT2D eigenvalue weighted by Crippen LogP contribution is 2.35. The molecule has 0 heterocycles. The Morgan fingerprint density at radius 3 is 2.46 bits per heavy atom. The SMILES string of the molecule is COc1cc2cc(c1C)-c1cc(ccc1C)CC[C@H](C)CCCC2. The molecule has 0 aliphatic heterocycles. The first kappa shape index (κ1) is 17.1. The van der Waals surface area contributed by atoms with Crippen molar-refractivity contribution in [2.45, 2.75) is 59.3 Å². The summed E-state index contributed by atoms with van der Waals surface area (Å²) in [4.78, 5) is 0. The highest BCUT2D eigenvalue weighted by molar-refractivity contribution is 5.74. The molecule has 1 atom stereocenters. The summed E-state index contributed by atoms with van der Waals surface area (Å²) in [7, 11) is 1.79. The van der Waals surface area contributed by atoms with Crippen LogP contribution in [-0.2, 0) is 12.8 Å². The Kier molecular flexibility index (Phi) is 5.28. The summed E-state index contributed by atoms with van der Waals surface area (Å²) in [5, 5.41) is 0. The minimum atomic E-state index is 0.815. The molecule has 1 aliphatic rings. The van der Waals surface area contributed by atoms with Crippen LogP contribution in [0.1, 0.15) is 54.9 Å². The Labute approximate surface area is 147 Å². The molecule has 1 aliphatic carbocycles. The standard InChI is InChI=1S/C23H30O/c1-16-7-5-6-8-20-14-22(18(3)23(15-20)24-4)21-13-19(11-9-16)12-10-17(21)2/h10,12-16H,5-9,11H2,1-4H3/t16-/m1/s1. The molecule has 0 fully saturated rings. The van der Waals surface area contributed by atoms with Gasteiger partial charge in [-0.2, -0.15) is 0 Å². The summed E-state index contributed by atoms with van der Waals surface area (Å²) < 4.78 is 5.68. The number of aryl methyl sites for hydroxylation is 3. The molecule has 24 heavy (non-hydrogen) atoms. The molecule has 0 aromatic heterocycles. The minimum Gasteiger partial charge on any atom is -0.496 e. The van der Waals surface area contributed by atoms with E-state index in [0.717, 1.165) is 18.1 Å². The summed E-state index contributed by atoms with van der Waals surface area (Å²) in [6.45, 7) is 6.81. The zero-order valence-corrected chi connectivity index (χ0v) is 15.6. The quantitative estimate of drug-likeness (QED) is 0.601. The van der Waals surface area contributed by atoms with Crippen molar-refractivity contribution in [2.24, 2.45) is 5.92 Å². The number of ether oxygens (including phenoxy) is 1. The van der Waals surface area contributed by atoms with E-state index in [1.807, 2.05) is 0 Å². The lowest BCUT2D eigenvalue weighted by atomic mass is 9.91. The fourth-order valence-electron chi connectivity index (χ4n) is 3.87. The lowest BCUT2D eigenvalue weighted by molar-refractivity contribution is 0.411. The smallest absolute Gasteiger partial charge is 0.122 e. The number of hydrogen-bond donors (Lipinski definition) is 0. The van der Waals surface area contributed by atoms with Gasteiger partial charge in [-0.15, -0.1) is 0 Å². The van der Waals surface area contributed by atoms with Crippen LogP contribution in [0.4, 0.5) is 0 Å². The minimum absolute atomic E-state index is 0.815. The van der Waals surface area contributed by atoms with Gasteiger partial charge in [-0.1, -0.05) is 44.0 Å². The maximum atomic E-state index is 5.68. The second kappa shape index (κ2) is 7.42. The molecule has 0 unspecified atom stereocenters. The van der Waals surface area contributed by atoms with Crippen LogP contribution in [0.2, 0.25) is 0 Å². The van der Waals surface area contributed by atoms with Crippen LogP contribution in [0.3, 0.4) is 0 Å². The lowest BCUT2D eigenvalue weighted by Gasteiger charge is -2.16. The normalized spacial score (nSPS) is 18.2. The van der Waals surface area contributed by atoms with Crippen LogP contribution in [0.5, 0.6) is 5.75 Å². The number of hydrogen-bond acceptors (Lipinski definition) is 1. The van der Waals surface area contributed by atoms with Crippen molar-refractivity contribution in [3.63, 3.8) is 0 Å². The van der Waals surface area contributed by atoms with Gasteiger partial charge in [-0.05, 0) is 84.9 Å². The molecule has 128 valence electrons. The van der Waals surface area contributed by atoms with Gasteiger partial charge in [0.15, 0.2) is 0 Å². The molecule has 0 amide bonds. The van der Waals surface area contributed by atoms with Crippen LogP contribution in [0.15, 0.2) is 30.3 Å². The largest absolute Gasteiger partial charge is 0.496 e. The Morgan fingerprint density at radius 2 is 1.67 bits per heavy atom. The molecule has 0 spiro atoms. The molecular formula is C23H30O. The number of fused-ring (bicyclic) bond motifs is 5. The van der Waals surface area contributed by atoms with E-state index in [0.29, 0.717) is 0 Å². The van der Waals surface area contributed by atoms with Gasteiger partial charge in [0.2, 0.25) is 0 Å². The van der Waals surface area contributed by atoms with Gasteiger partial charge in [0, 0.05) is 0 Å². The maximum absolute atomic E-state index is 5.68. The van der Waals surface area contributed by atoms with Crippen molar-refractivity contribution < 1.29 is 4.74 Å². The fourth-order valence-corrected chi connectivity index (χ4v) is 3.87. The summed E-state index contributed by atoms with van der Waals surface area (Å²) >= 11 is 0. The van der Waals surface area contributed by atoms with E-state index in [1.54, 1.807) is 7.11 Å². The number of rotatable bonds is 1. The highest BCUT2D eigenvalue weighted by Gasteiger charge is 2.14. The van der Waals surface area contributed by atoms with E-state index < -0.39 is 0 Å². The molecule has 4 bridgehead atoms. The van der Waals surface area contributed by atoms with E-state index in [-0.39, 0.29) is 0 Å². The number of methoxy groups -OCH3 is 1. The Hall–Kier alpha value is -1.76. The van der Waals surface area contributed by atoms with Crippen LogP contribution in [-0.4, -0.2) is 7.11 Å². The second-order valence-electron chi connectivity index (χ2n) is 7.51. The van der Waals surface area contributed by atoms with Crippen molar-refractivity contribution in [3.8, 4) is 16.9 Å². The second-order valence-corrected chi connectivity index (χ2v) is 7.51. The first-order valence-electron chi connectivity index (χ1n) is 9.36. The van der Waals surface area contributed by atoms with Gasteiger partial charge in [0.05, 0.1) is 7.11 Å². The van der Waals surface area contributed by atoms with Gasteiger partial charge in [-0.25, -0.2) is 0 Å². The van der Waals surface area contributed by atoms with Crippen molar-refractivity contribution in [3.05, 3.63) is 52.6 Å². The van der Waals surface area contributed by atoms with Crippen LogP contribution in [0, 0.1) is 19.8 Å². The molecule has 0 saturated carbocycles. The zero-order valence-electron chi connectivity index (χ0n) is 15.6. The predicted molar refractivity (Wildman–Crippen MR) is 103 cm³/mol. The first-order valence-corrected chi connectivity index (χ1v) is 9.36. The molecule has 0 saturated heterocycles. The van der Waals surface area contributed by atoms with Gasteiger partial charge in [-0.3, -0.25) is 0 Å². The van der Waals surface area contributed by atoms with Gasteiger partial charge in [0.1, 0.15) is 5.75 Å². The average molecular weight is 322 g/mol. The van der Waals surface area contributed by atoms with E-state index in [9.17, 15) is 0 Å². The maximum Gasteiger partial charge on any atom is 0.122 e. The van der Waals surface area contributed by atoms with Crippen LogP contribution < -0.4 is 4.74 Å². The Morgan fingerprint density at radius 1 is 0.875 bits per heavy atom. The molecule has 0 radical (unpaired) electrons. The molecule has 3 rings (SSSR count). The predicted octanol–water partition coefficient (Wildman–Crippen LogP) is 6.27. The third kappa shape index (κ3) is 3.66. The van der Waals surface area contributed by atoms with Crippen LogP contribution in [0.25, 0.3) is 11.1 Å². The summed E-state index contributed by atoms with van der Waals surface area (Å²) in [6, 6.07) is 11.6. The molecular weight excluding hydrogens is 292 g/mol. The van der Waals surface area contributed by atoms with E-state index >= 15 is 0 Å². The molecule has 2 aromatic rings. The van der Waals surface area contributed by atoms with Crippen molar-refractivity contribution in [1.82, 2.24) is 0 Å². The summed E-state index contributed by atoms with van der Waals surface area (Å²) in [5.41, 5.74) is 8.19. The number of benzene rings is 2. The third-order valence-corrected chi connectivity index (χ3v) is 5.57. The fraction of sp³-hybridized carbons (Fsp3) is 0.478. The van der Waals surface area contributed by atoms with Crippen molar-refractivity contribution >= 4 is 0 Å². The van der Waals surface area contributed by atoms with Gasteiger partial charge in [0.25, 0.3) is 0 Å². The van der Waals surface area contributed by atoms with E-state index in [1.165, 1.54) is 65.5 Å². The van der Waals surface area contributed by atoms with E-state index in [4.69, 9.17) is 4.74 Å². The van der Waals surface area contributed by atoms with Gasteiger partial charge < -0.3 is 4.74 Å². The molecule has 1 nitrogen and oxygen atoms in total. The molecule has 1 heteroatoms.